The number of rotatable bonds is 3. The summed E-state index contributed by atoms with van der Waals surface area (Å²) in [5, 5.41) is 3.42. The Bertz CT molecular complexity index is 781. The predicted molar refractivity (Wildman–Crippen MR) is 85.4 cm³/mol. The molecule has 0 aromatic heterocycles. The van der Waals surface area contributed by atoms with E-state index in [1.165, 1.54) is 22.9 Å². The van der Waals surface area contributed by atoms with Crippen LogP contribution in [0, 0.1) is 6.92 Å². The third-order valence-corrected chi connectivity index (χ3v) is 5.15. The lowest BCUT2D eigenvalue weighted by atomic mass is 10.0. The Kier molecular flexibility index (Phi) is 3.49. The second-order valence-corrected chi connectivity index (χ2v) is 7.69. The summed E-state index contributed by atoms with van der Waals surface area (Å²) >= 11 is 0. The highest BCUT2D eigenvalue weighted by Crippen LogP contribution is 2.35. The normalized spacial score (nSPS) is 17.5. The number of nitrogens with one attached hydrogen (secondary N) is 1. The highest BCUT2D eigenvalue weighted by atomic mass is 32.2. The van der Waals surface area contributed by atoms with Gasteiger partial charge in [-0.3, -0.25) is 0 Å². The van der Waals surface area contributed by atoms with Gasteiger partial charge < -0.3 is 5.32 Å². The number of para-hydroxylation sites is 1. The molecule has 1 aliphatic carbocycles. The van der Waals surface area contributed by atoms with Crippen LogP contribution in [0.2, 0.25) is 0 Å². The minimum atomic E-state index is -3.22. The van der Waals surface area contributed by atoms with Crippen molar-refractivity contribution >= 4 is 15.5 Å². The SMILES string of the molecule is Cc1ccc2c(c1)C(Nc1ccccc1S(C)(=O)=O)CC2. The predicted octanol–water partition coefficient (Wildman–Crippen LogP) is 3.50. The van der Waals surface area contributed by atoms with Crippen molar-refractivity contribution < 1.29 is 8.42 Å². The zero-order valence-electron chi connectivity index (χ0n) is 12.3. The Morgan fingerprint density at radius 3 is 2.67 bits per heavy atom. The van der Waals surface area contributed by atoms with Crippen LogP contribution in [-0.2, 0) is 16.3 Å². The van der Waals surface area contributed by atoms with Crippen molar-refractivity contribution in [3.05, 3.63) is 59.2 Å². The first-order chi connectivity index (χ1) is 9.95. The van der Waals surface area contributed by atoms with Crippen LogP contribution >= 0.6 is 0 Å². The van der Waals surface area contributed by atoms with Crippen molar-refractivity contribution in [3.8, 4) is 0 Å². The number of hydrogen-bond acceptors (Lipinski definition) is 3. The Hall–Kier alpha value is -1.81. The smallest absolute Gasteiger partial charge is 0.177 e. The molecule has 1 aliphatic rings. The standard InChI is InChI=1S/C17H19NO2S/c1-12-7-8-13-9-10-15(14(13)11-12)18-16-5-3-4-6-17(16)21(2,19)20/h3-8,11,15,18H,9-10H2,1-2H3. The fourth-order valence-corrected chi connectivity index (χ4v) is 3.82. The Morgan fingerprint density at radius 1 is 1.14 bits per heavy atom. The lowest BCUT2D eigenvalue weighted by molar-refractivity contribution is 0.602. The van der Waals surface area contributed by atoms with Gasteiger partial charge in [-0.2, -0.15) is 0 Å². The summed E-state index contributed by atoms with van der Waals surface area (Å²) < 4.78 is 23.8. The van der Waals surface area contributed by atoms with Crippen molar-refractivity contribution in [2.24, 2.45) is 0 Å². The lowest BCUT2D eigenvalue weighted by Gasteiger charge is -2.18. The van der Waals surface area contributed by atoms with Gasteiger partial charge in [0.15, 0.2) is 9.84 Å². The summed E-state index contributed by atoms with van der Waals surface area (Å²) in [5.41, 5.74) is 4.58. The minimum absolute atomic E-state index is 0.183. The number of sulfone groups is 1. The van der Waals surface area contributed by atoms with Crippen LogP contribution in [0.25, 0.3) is 0 Å². The monoisotopic (exact) mass is 301 g/mol. The van der Waals surface area contributed by atoms with Crippen molar-refractivity contribution in [1.29, 1.82) is 0 Å². The fraction of sp³-hybridized carbons (Fsp3) is 0.294. The topological polar surface area (TPSA) is 46.2 Å². The molecular weight excluding hydrogens is 282 g/mol. The third kappa shape index (κ3) is 2.81. The molecule has 0 amide bonds. The van der Waals surface area contributed by atoms with Gasteiger partial charge in [0.1, 0.15) is 0 Å². The van der Waals surface area contributed by atoms with Crippen molar-refractivity contribution in [2.75, 3.05) is 11.6 Å². The van der Waals surface area contributed by atoms with E-state index < -0.39 is 9.84 Å². The number of benzene rings is 2. The molecule has 3 nitrogen and oxygen atoms in total. The van der Waals surface area contributed by atoms with Crippen molar-refractivity contribution in [1.82, 2.24) is 0 Å². The van der Waals surface area contributed by atoms with Crippen LogP contribution in [-0.4, -0.2) is 14.7 Å². The molecule has 110 valence electrons. The maximum Gasteiger partial charge on any atom is 0.177 e. The Morgan fingerprint density at radius 2 is 1.90 bits per heavy atom. The molecule has 0 aliphatic heterocycles. The zero-order chi connectivity index (χ0) is 15.0. The summed E-state index contributed by atoms with van der Waals surface area (Å²) in [6.45, 7) is 2.08. The average Bonchev–Trinajstić information content (AvgIpc) is 2.81. The van der Waals surface area contributed by atoms with Crippen LogP contribution in [0.4, 0.5) is 5.69 Å². The maximum atomic E-state index is 11.9. The van der Waals surface area contributed by atoms with Gasteiger partial charge in [0.05, 0.1) is 16.6 Å². The molecule has 0 spiro atoms. The van der Waals surface area contributed by atoms with Gasteiger partial charge in [0.2, 0.25) is 0 Å². The summed E-state index contributed by atoms with van der Waals surface area (Å²) in [6.07, 6.45) is 3.28. The largest absolute Gasteiger partial charge is 0.377 e. The maximum absolute atomic E-state index is 11.9. The molecule has 3 rings (SSSR count). The summed E-state index contributed by atoms with van der Waals surface area (Å²) in [4.78, 5) is 0.367. The number of fused-ring (bicyclic) bond motifs is 1. The van der Waals surface area contributed by atoms with Crippen molar-refractivity contribution in [2.45, 2.75) is 30.7 Å². The average molecular weight is 301 g/mol. The number of aryl methyl sites for hydroxylation is 2. The van der Waals surface area contributed by atoms with Gasteiger partial charge in [-0.25, -0.2) is 8.42 Å². The van der Waals surface area contributed by atoms with E-state index in [2.05, 4.69) is 30.4 Å². The molecule has 0 bridgehead atoms. The fourth-order valence-electron chi connectivity index (χ4n) is 2.97. The first-order valence-corrected chi connectivity index (χ1v) is 8.99. The van der Waals surface area contributed by atoms with Gasteiger partial charge in [0, 0.05) is 6.26 Å². The van der Waals surface area contributed by atoms with Crippen LogP contribution in [0.15, 0.2) is 47.4 Å². The molecular formula is C17H19NO2S. The van der Waals surface area contributed by atoms with E-state index in [-0.39, 0.29) is 6.04 Å². The second kappa shape index (κ2) is 5.19. The molecule has 0 fully saturated rings. The Balaban J connectivity index is 1.96. The van der Waals surface area contributed by atoms with Gasteiger partial charge in [-0.05, 0) is 43.0 Å². The van der Waals surface area contributed by atoms with Crippen LogP contribution in [0.5, 0.6) is 0 Å². The van der Waals surface area contributed by atoms with E-state index in [1.54, 1.807) is 12.1 Å². The molecule has 0 saturated heterocycles. The van der Waals surface area contributed by atoms with E-state index >= 15 is 0 Å². The summed E-state index contributed by atoms with van der Waals surface area (Å²) in [5.74, 6) is 0. The van der Waals surface area contributed by atoms with E-state index in [1.807, 2.05) is 12.1 Å². The lowest BCUT2D eigenvalue weighted by Crippen LogP contribution is -2.11. The zero-order valence-corrected chi connectivity index (χ0v) is 13.1. The molecule has 0 radical (unpaired) electrons. The quantitative estimate of drug-likeness (QED) is 0.944. The molecule has 1 atom stereocenters. The van der Waals surface area contributed by atoms with Crippen LogP contribution in [0.1, 0.15) is 29.2 Å². The number of hydrogen-bond donors (Lipinski definition) is 1. The van der Waals surface area contributed by atoms with Gasteiger partial charge in [-0.1, -0.05) is 35.9 Å². The van der Waals surface area contributed by atoms with Gasteiger partial charge >= 0.3 is 0 Å². The summed E-state index contributed by atoms with van der Waals surface area (Å²) in [6, 6.07) is 13.8. The van der Waals surface area contributed by atoms with E-state index in [0.717, 1.165) is 12.8 Å². The first-order valence-electron chi connectivity index (χ1n) is 7.10. The second-order valence-electron chi connectivity index (χ2n) is 5.71. The molecule has 1 unspecified atom stereocenters. The highest BCUT2D eigenvalue weighted by molar-refractivity contribution is 7.90. The van der Waals surface area contributed by atoms with Crippen LogP contribution < -0.4 is 5.32 Å². The number of anilines is 1. The molecule has 0 saturated carbocycles. The summed E-state index contributed by atoms with van der Waals surface area (Å²) in [7, 11) is -3.22. The van der Waals surface area contributed by atoms with Crippen LogP contribution in [0.3, 0.4) is 0 Å². The minimum Gasteiger partial charge on any atom is -0.377 e. The Labute approximate surface area is 125 Å². The first kappa shape index (κ1) is 14.1. The van der Waals surface area contributed by atoms with Gasteiger partial charge in [-0.15, -0.1) is 0 Å². The van der Waals surface area contributed by atoms with E-state index in [0.29, 0.717) is 10.6 Å². The third-order valence-electron chi connectivity index (χ3n) is 4.00. The molecule has 2 aromatic rings. The highest BCUT2D eigenvalue weighted by Gasteiger charge is 2.24. The van der Waals surface area contributed by atoms with E-state index in [4.69, 9.17) is 0 Å². The molecule has 1 N–H and O–H groups in total. The van der Waals surface area contributed by atoms with E-state index in [9.17, 15) is 8.42 Å². The van der Waals surface area contributed by atoms with Gasteiger partial charge in [0.25, 0.3) is 0 Å². The molecule has 2 aromatic carbocycles. The van der Waals surface area contributed by atoms with Crippen molar-refractivity contribution in [3.63, 3.8) is 0 Å². The molecule has 0 heterocycles. The molecule has 21 heavy (non-hydrogen) atoms. The molecule has 4 heteroatoms.